The third-order valence-corrected chi connectivity index (χ3v) is 5.17. The van der Waals surface area contributed by atoms with Gasteiger partial charge in [-0.05, 0) is 29.8 Å². The van der Waals surface area contributed by atoms with E-state index in [2.05, 4.69) is 28.1 Å². The van der Waals surface area contributed by atoms with E-state index in [0.29, 0.717) is 13.1 Å². The molecule has 0 bridgehead atoms. The van der Waals surface area contributed by atoms with Crippen LogP contribution < -0.4 is 0 Å². The fourth-order valence-electron chi connectivity index (χ4n) is 3.48. The first-order valence-electron chi connectivity index (χ1n) is 8.91. The van der Waals surface area contributed by atoms with Crippen molar-refractivity contribution < 1.29 is 9.18 Å². The highest BCUT2D eigenvalue weighted by molar-refractivity contribution is 6.30. The van der Waals surface area contributed by atoms with Crippen LogP contribution in [0.15, 0.2) is 54.7 Å². The number of piperazine rings is 1. The Balaban J connectivity index is 1.42. The molecule has 4 nitrogen and oxygen atoms in total. The van der Waals surface area contributed by atoms with E-state index >= 15 is 0 Å². The summed E-state index contributed by atoms with van der Waals surface area (Å²) in [7, 11) is 0. The monoisotopic (exact) mass is 383 g/mol. The zero-order valence-electron chi connectivity index (χ0n) is 14.7. The molecule has 0 saturated carbocycles. The summed E-state index contributed by atoms with van der Waals surface area (Å²) in [6.45, 7) is 3.40. The number of pyridine rings is 1. The number of hydrogen-bond donors (Lipinski definition) is 0. The fraction of sp³-hybridized carbons (Fsp3) is 0.238. The van der Waals surface area contributed by atoms with Crippen LogP contribution in [-0.2, 0) is 6.54 Å². The van der Waals surface area contributed by atoms with Crippen LogP contribution in [0.2, 0.25) is 5.02 Å². The van der Waals surface area contributed by atoms with Gasteiger partial charge in [0.25, 0.3) is 5.91 Å². The van der Waals surface area contributed by atoms with Gasteiger partial charge in [-0.15, -0.1) is 0 Å². The highest BCUT2D eigenvalue weighted by atomic mass is 35.5. The van der Waals surface area contributed by atoms with Gasteiger partial charge >= 0.3 is 0 Å². The third kappa shape index (κ3) is 3.80. The molecule has 0 atom stereocenters. The van der Waals surface area contributed by atoms with E-state index in [9.17, 15) is 9.18 Å². The Morgan fingerprint density at radius 2 is 1.85 bits per heavy atom. The lowest BCUT2D eigenvalue weighted by molar-refractivity contribution is 0.0624. The molecule has 27 heavy (non-hydrogen) atoms. The molecule has 2 aromatic carbocycles. The Morgan fingerprint density at radius 3 is 2.63 bits per heavy atom. The number of aromatic nitrogens is 1. The molecule has 1 aliphatic rings. The lowest BCUT2D eigenvalue weighted by Gasteiger charge is -2.35. The number of nitrogens with zero attached hydrogens (tertiary/aromatic N) is 3. The second kappa shape index (κ2) is 7.62. The number of halogens is 2. The predicted octanol–water partition coefficient (Wildman–Crippen LogP) is 3.99. The molecule has 0 unspecified atom stereocenters. The van der Waals surface area contributed by atoms with Gasteiger partial charge in [0.15, 0.2) is 0 Å². The molecular weight excluding hydrogens is 365 g/mol. The number of fused-ring (bicyclic) bond motifs is 1. The molecular formula is C21H19ClFN3O. The summed E-state index contributed by atoms with van der Waals surface area (Å²) in [6, 6.07) is 14.4. The zero-order valence-corrected chi connectivity index (χ0v) is 15.5. The molecule has 2 heterocycles. The van der Waals surface area contributed by atoms with Crippen molar-refractivity contribution in [2.45, 2.75) is 6.54 Å². The van der Waals surface area contributed by atoms with Gasteiger partial charge in [-0.25, -0.2) is 4.39 Å². The van der Waals surface area contributed by atoms with Crippen LogP contribution in [0.4, 0.5) is 4.39 Å². The molecule has 4 rings (SSSR count). The van der Waals surface area contributed by atoms with Crippen molar-refractivity contribution in [1.82, 2.24) is 14.8 Å². The molecule has 138 valence electrons. The van der Waals surface area contributed by atoms with Crippen molar-refractivity contribution in [3.63, 3.8) is 0 Å². The largest absolute Gasteiger partial charge is 0.336 e. The molecule has 3 aromatic rings. The molecule has 1 amide bonds. The second-order valence-corrected chi connectivity index (χ2v) is 7.12. The number of para-hydroxylation sites is 1. The summed E-state index contributed by atoms with van der Waals surface area (Å²) >= 11 is 5.77. The molecule has 1 saturated heterocycles. The van der Waals surface area contributed by atoms with Crippen LogP contribution >= 0.6 is 11.6 Å². The molecule has 0 N–H and O–H groups in total. The van der Waals surface area contributed by atoms with E-state index < -0.39 is 5.82 Å². The Morgan fingerprint density at radius 1 is 1.07 bits per heavy atom. The second-order valence-electron chi connectivity index (χ2n) is 6.68. The average molecular weight is 384 g/mol. The van der Waals surface area contributed by atoms with E-state index in [1.54, 1.807) is 11.0 Å². The molecule has 0 spiro atoms. The number of amides is 1. The minimum absolute atomic E-state index is 0.0751. The standard InChI is InChI=1S/C21H19ClFN3O/c22-17-6-7-18(19(23)13-17)21(27)26-11-9-25(10-12-26)14-16-4-1-3-15-5-2-8-24-20(15)16/h1-8,13H,9-12,14H2. The molecule has 1 fully saturated rings. The molecule has 1 aliphatic heterocycles. The normalized spacial score (nSPS) is 15.3. The van der Waals surface area contributed by atoms with E-state index in [1.807, 2.05) is 18.3 Å². The van der Waals surface area contributed by atoms with Gasteiger partial charge < -0.3 is 4.90 Å². The van der Waals surface area contributed by atoms with Crippen molar-refractivity contribution in [2.24, 2.45) is 0 Å². The van der Waals surface area contributed by atoms with Gasteiger partial charge in [-0.2, -0.15) is 0 Å². The van der Waals surface area contributed by atoms with Crippen LogP contribution in [0.1, 0.15) is 15.9 Å². The van der Waals surface area contributed by atoms with Crippen LogP contribution in [-0.4, -0.2) is 46.9 Å². The third-order valence-electron chi connectivity index (χ3n) is 4.93. The molecule has 1 aromatic heterocycles. The first kappa shape index (κ1) is 17.9. The quantitative estimate of drug-likeness (QED) is 0.686. The number of carbonyl (C=O) groups is 1. The Labute approximate surface area is 162 Å². The van der Waals surface area contributed by atoms with Crippen LogP contribution in [0, 0.1) is 5.82 Å². The first-order chi connectivity index (χ1) is 13.1. The first-order valence-corrected chi connectivity index (χ1v) is 9.29. The summed E-state index contributed by atoms with van der Waals surface area (Å²) in [4.78, 5) is 21.1. The van der Waals surface area contributed by atoms with Crippen LogP contribution in [0.3, 0.4) is 0 Å². The summed E-state index contributed by atoms with van der Waals surface area (Å²) in [5.74, 6) is -0.854. The predicted molar refractivity (Wildman–Crippen MR) is 104 cm³/mol. The van der Waals surface area contributed by atoms with Crippen molar-refractivity contribution in [3.05, 3.63) is 76.7 Å². The smallest absolute Gasteiger partial charge is 0.256 e. The maximum Gasteiger partial charge on any atom is 0.256 e. The van der Waals surface area contributed by atoms with Crippen molar-refractivity contribution in [2.75, 3.05) is 26.2 Å². The maximum absolute atomic E-state index is 14.0. The lowest BCUT2D eigenvalue weighted by Crippen LogP contribution is -2.48. The molecule has 0 aliphatic carbocycles. The highest BCUT2D eigenvalue weighted by Crippen LogP contribution is 2.20. The highest BCUT2D eigenvalue weighted by Gasteiger charge is 2.24. The van der Waals surface area contributed by atoms with E-state index in [-0.39, 0.29) is 16.5 Å². The zero-order chi connectivity index (χ0) is 18.8. The van der Waals surface area contributed by atoms with Gasteiger partial charge in [0.1, 0.15) is 5.82 Å². The van der Waals surface area contributed by atoms with Crippen LogP contribution in [0.25, 0.3) is 10.9 Å². The fourth-order valence-corrected chi connectivity index (χ4v) is 3.64. The van der Waals surface area contributed by atoms with E-state index in [1.165, 1.54) is 17.7 Å². The van der Waals surface area contributed by atoms with Gasteiger partial charge in [-0.1, -0.05) is 35.9 Å². The minimum Gasteiger partial charge on any atom is -0.336 e. The van der Waals surface area contributed by atoms with Crippen molar-refractivity contribution in [3.8, 4) is 0 Å². The Kier molecular flexibility index (Phi) is 5.05. The van der Waals surface area contributed by atoms with Crippen molar-refractivity contribution in [1.29, 1.82) is 0 Å². The van der Waals surface area contributed by atoms with Crippen molar-refractivity contribution >= 4 is 28.4 Å². The summed E-state index contributed by atoms with van der Waals surface area (Å²) in [5, 5.41) is 1.42. The lowest BCUT2D eigenvalue weighted by atomic mass is 10.1. The Hall–Kier alpha value is -2.50. The summed E-state index contributed by atoms with van der Waals surface area (Å²) in [5.41, 5.74) is 2.27. The molecule has 6 heteroatoms. The van der Waals surface area contributed by atoms with E-state index in [4.69, 9.17) is 11.6 Å². The van der Waals surface area contributed by atoms with Gasteiger partial charge in [0.05, 0.1) is 11.1 Å². The SMILES string of the molecule is O=C(c1ccc(Cl)cc1F)N1CCN(Cc2cccc3cccnc23)CC1. The Bertz CT molecular complexity index is 981. The van der Waals surface area contributed by atoms with Gasteiger partial charge in [0, 0.05) is 49.3 Å². The number of hydrogen-bond acceptors (Lipinski definition) is 3. The topological polar surface area (TPSA) is 36.4 Å². The number of benzene rings is 2. The number of carbonyl (C=O) groups excluding carboxylic acids is 1. The maximum atomic E-state index is 14.0. The summed E-state index contributed by atoms with van der Waals surface area (Å²) < 4.78 is 14.0. The van der Waals surface area contributed by atoms with Gasteiger partial charge in [-0.3, -0.25) is 14.7 Å². The summed E-state index contributed by atoms with van der Waals surface area (Å²) in [6.07, 6.45) is 1.81. The van der Waals surface area contributed by atoms with E-state index in [0.717, 1.165) is 30.5 Å². The van der Waals surface area contributed by atoms with Crippen LogP contribution in [0.5, 0.6) is 0 Å². The average Bonchev–Trinajstić information content (AvgIpc) is 2.68. The molecule has 0 radical (unpaired) electrons. The minimum atomic E-state index is -0.572. The number of rotatable bonds is 3. The van der Waals surface area contributed by atoms with Gasteiger partial charge in [0.2, 0.25) is 0 Å².